The number of carboxylic acids is 1. The maximum Gasteiger partial charge on any atom is 0.416 e. The molecule has 1 amide bonds. The van der Waals surface area contributed by atoms with E-state index in [1.54, 1.807) is 0 Å². The lowest BCUT2D eigenvalue weighted by atomic mass is 9.99. The molecule has 2 aromatic rings. The van der Waals surface area contributed by atoms with Crippen molar-refractivity contribution in [1.82, 2.24) is 14.9 Å². The standard InChI is InChI=1S/C16H14F3N3O3/c17-16(18,19)10-4-2-1-3-9(10)5-14(23)22-7-12-11(20-8-21-12)6-13(22)15(24)25/h1-4,8,13H,5-7H2,(H,20,21)(H,24,25). The molecule has 1 atom stereocenters. The molecule has 0 radical (unpaired) electrons. The second-order valence-electron chi connectivity index (χ2n) is 5.74. The Bertz CT molecular complexity index is 816. The fourth-order valence-electron chi connectivity index (χ4n) is 2.93. The molecule has 0 fully saturated rings. The predicted molar refractivity (Wildman–Crippen MR) is 79.4 cm³/mol. The molecule has 1 aromatic heterocycles. The van der Waals surface area contributed by atoms with E-state index in [1.807, 2.05) is 0 Å². The average Bonchev–Trinajstić information content (AvgIpc) is 3.00. The van der Waals surface area contributed by atoms with Gasteiger partial charge in [-0.05, 0) is 11.6 Å². The fraction of sp³-hybridized carbons (Fsp3) is 0.312. The number of rotatable bonds is 3. The number of carboxylic acid groups (broad SMARTS) is 1. The number of aliphatic carboxylic acids is 1. The Morgan fingerprint density at radius 1 is 1.32 bits per heavy atom. The Kier molecular flexibility index (Phi) is 4.23. The van der Waals surface area contributed by atoms with Crippen LogP contribution in [-0.2, 0) is 35.2 Å². The van der Waals surface area contributed by atoms with Crippen molar-refractivity contribution in [2.45, 2.75) is 31.6 Å². The minimum Gasteiger partial charge on any atom is -0.480 e. The minimum atomic E-state index is -4.58. The fourth-order valence-corrected chi connectivity index (χ4v) is 2.93. The zero-order chi connectivity index (χ0) is 18.2. The molecule has 0 aliphatic carbocycles. The monoisotopic (exact) mass is 353 g/mol. The van der Waals surface area contributed by atoms with Crippen molar-refractivity contribution < 1.29 is 27.9 Å². The Morgan fingerprint density at radius 3 is 2.72 bits per heavy atom. The van der Waals surface area contributed by atoms with E-state index in [4.69, 9.17) is 0 Å². The van der Waals surface area contributed by atoms with Gasteiger partial charge in [-0.25, -0.2) is 9.78 Å². The van der Waals surface area contributed by atoms with Crippen LogP contribution in [-0.4, -0.2) is 37.9 Å². The van der Waals surface area contributed by atoms with Gasteiger partial charge in [0.1, 0.15) is 6.04 Å². The summed E-state index contributed by atoms with van der Waals surface area (Å²) >= 11 is 0. The first-order valence-corrected chi connectivity index (χ1v) is 7.46. The predicted octanol–water partition coefficient (Wildman–Crippen LogP) is 2.01. The maximum atomic E-state index is 13.1. The Balaban J connectivity index is 1.87. The number of imidazole rings is 1. The zero-order valence-corrected chi connectivity index (χ0v) is 12.9. The summed E-state index contributed by atoms with van der Waals surface area (Å²) in [4.78, 5) is 31.9. The number of aromatic amines is 1. The summed E-state index contributed by atoms with van der Waals surface area (Å²) in [7, 11) is 0. The van der Waals surface area contributed by atoms with Crippen LogP contribution in [0.4, 0.5) is 13.2 Å². The molecule has 0 bridgehead atoms. The molecule has 1 aromatic carbocycles. The van der Waals surface area contributed by atoms with Gasteiger partial charge in [-0.3, -0.25) is 4.79 Å². The van der Waals surface area contributed by atoms with Gasteiger partial charge >= 0.3 is 12.1 Å². The summed E-state index contributed by atoms with van der Waals surface area (Å²) in [5.74, 6) is -1.89. The van der Waals surface area contributed by atoms with E-state index in [2.05, 4.69) is 9.97 Å². The summed E-state index contributed by atoms with van der Waals surface area (Å²) < 4.78 is 39.2. The number of carbonyl (C=O) groups is 2. The van der Waals surface area contributed by atoms with Gasteiger partial charge in [0.15, 0.2) is 0 Å². The lowest BCUT2D eigenvalue weighted by molar-refractivity contribution is -0.151. The van der Waals surface area contributed by atoms with E-state index in [0.717, 1.165) is 11.0 Å². The van der Waals surface area contributed by atoms with Crippen LogP contribution in [0.5, 0.6) is 0 Å². The van der Waals surface area contributed by atoms with Crippen LogP contribution in [0.15, 0.2) is 30.6 Å². The second-order valence-corrected chi connectivity index (χ2v) is 5.74. The van der Waals surface area contributed by atoms with Gasteiger partial charge in [0.2, 0.25) is 5.91 Å². The highest BCUT2D eigenvalue weighted by Gasteiger charge is 2.38. The second kappa shape index (κ2) is 6.23. The quantitative estimate of drug-likeness (QED) is 0.884. The van der Waals surface area contributed by atoms with Crippen LogP contribution >= 0.6 is 0 Å². The highest BCUT2D eigenvalue weighted by atomic mass is 19.4. The van der Waals surface area contributed by atoms with E-state index in [9.17, 15) is 27.9 Å². The van der Waals surface area contributed by atoms with Crippen molar-refractivity contribution >= 4 is 11.9 Å². The van der Waals surface area contributed by atoms with Gasteiger partial charge in [-0.15, -0.1) is 0 Å². The van der Waals surface area contributed by atoms with E-state index in [0.29, 0.717) is 11.4 Å². The van der Waals surface area contributed by atoms with Crippen LogP contribution in [0.2, 0.25) is 0 Å². The summed E-state index contributed by atoms with van der Waals surface area (Å²) in [5.41, 5.74) is 0.0658. The first-order valence-electron chi connectivity index (χ1n) is 7.46. The van der Waals surface area contributed by atoms with E-state index >= 15 is 0 Å². The molecule has 3 rings (SSSR count). The molecule has 25 heavy (non-hydrogen) atoms. The number of benzene rings is 1. The molecular weight excluding hydrogens is 339 g/mol. The smallest absolute Gasteiger partial charge is 0.416 e. The van der Waals surface area contributed by atoms with Crippen molar-refractivity contribution in [3.8, 4) is 0 Å². The van der Waals surface area contributed by atoms with Gasteiger partial charge in [0.05, 0.1) is 36.2 Å². The highest BCUT2D eigenvalue weighted by molar-refractivity contribution is 5.85. The molecule has 0 saturated heterocycles. The van der Waals surface area contributed by atoms with Gasteiger partial charge in [0.25, 0.3) is 0 Å². The number of halogens is 3. The van der Waals surface area contributed by atoms with Crippen molar-refractivity contribution in [1.29, 1.82) is 0 Å². The van der Waals surface area contributed by atoms with Crippen LogP contribution < -0.4 is 0 Å². The Hall–Kier alpha value is -2.84. The number of hydrogen-bond acceptors (Lipinski definition) is 3. The molecule has 1 unspecified atom stereocenters. The van der Waals surface area contributed by atoms with Gasteiger partial charge in [0, 0.05) is 6.42 Å². The molecular formula is C16H14F3N3O3. The third-order valence-electron chi connectivity index (χ3n) is 4.17. The van der Waals surface area contributed by atoms with Gasteiger partial charge in [-0.2, -0.15) is 13.2 Å². The number of fused-ring (bicyclic) bond motifs is 1. The number of carbonyl (C=O) groups excluding carboxylic acids is 1. The largest absolute Gasteiger partial charge is 0.480 e. The first kappa shape index (κ1) is 17.0. The lowest BCUT2D eigenvalue weighted by Crippen LogP contribution is -2.49. The lowest BCUT2D eigenvalue weighted by Gasteiger charge is -2.32. The molecule has 1 aliphatic rings. The number of hydrogen-bond donors (Lipinski definition) is 2. The number of nitrogens with one attached hydrogen (secondary N) is 1. The number of H-pyrrole nitrogens is 1. The molecule has 132 valence electrons. The summed E-state index contributed by atoms with van der Waals surface area (Å²) in [5, 5.41) is 9.36. The van der Waals surface area contributed by atoms with E-state index in [1.165, 1.54) is 24.5 Å². The van der Waals surface area contributed by atoms with Crippen LogP contribution in [0, 0.1) is 0 Å². The number of alkyl halides is 3. The average molecular weight is 353 g/mol. The molecule has 9 heteroatoms. The molecule has 0 spiro atoms. The molecule has 1 aliphatic heterocycles. The zero-order valence-electron chi connectivity index (χ0n) is 12.9. The number of nitrogens with zero attached hydrogens (tertiary/aromatic N) is 2. The topological polar surface area (TPSA) is 86.3 Å². The normalized spacial score (nSPS) is 17.2. The third kappa shape index (κ3) is 3.35. The van der Waals surface area contributed by atoms with Gasteiger partial charge in [-0.1, -0.05) is 18.2 Å². The molecule has 2 N–H and O–H groups in total. The van der Waals surface area contributed by atoms with Crippen LogP contribution in [0.1, 0.15) is 22.5 Å². The SMILES string of the molecule is O=C(O)C1Cc2nc[nH]c2CN1C(=O)Cc1ccccc1C(F)(F)F. The first-order chi connectivity index (χ1) is 11.8. The van der Waals surface area contributed by atoms with Crippen molar-refractivity contribution in [2.75, 3.05) is 0 Å². The highest BCUT2D eigenvalue weighted by Crippen LogP contribution is 2.32. The summed E-state index contributed by atoms with van der Waals surface area (Å²) in [6, 6.07) is 3.63. The molecule has 0 saturated carbocycles. The summed E-state index contributed by atoms with van der Waals surface area (Å²) in [6.07, 6.45) is -3.69. The molecule has 6 nitrogen and oxygen atoms in total. The maximum absolute atomic E-state index is 13.1. The number of aromatic nitrogens is 2. The van der Waals surface area contributed by atoms with Crippen molar-refractivity contribution in [3.05, 3.63) is 53.1 Å². The van der Waals surface area contributed by atoms with E-state index < -0.39 is 36.1 Å². The Morgan fingerprint density at radius 2 is 2.04 bits per heavy atom. The van der Waals surface area contributed by atoms with Crippen molar-refractivity contribution in [2.24, 2.45) is 0 Å². The van der Waals surface area contributed by atoms with E-state index in [-0.39, 0.29) is 18.5 Å². The van der Waals surface area contributed by atoms with Gasteiger partial charge < -0.3 is 15.0 Å². The summed E-state index contributed by atoms with van der Waals surface area (Å²) in [6.45, 7) is -0.0285. The van der Waals surface area contributed by atoms with Crippen LogP contribution in [0.25, 0.3) is 0 Å². The third-order valence-corrected chi connectivity index (χ3v) is 4.17. The minimum absolute atomic E-state index is 0.0147. The van der Waals surface area contributed by atoms with Crippen LogP contribution in [0.3, 0.4) is 0 Å². The number of amides is 1. The Labute approximate surface area is 140 Å². The van der Waals surface area contributed by atoms with Crippen molar-refractivity contribution in [3.63, 3.8) is 0 Å². The molecule has 2 heterocycles.